The number of methoxy groups -OCH3 is 1. The van der Waals surface area contributed by atoms with Gasteiger partial charge in [0, 0.05) is 22.3 Å². The predicted molar refractivity (Wildman–Crippen MR) is 100.0 cm³/mol. The van der Waals surface area contributed by atoms with E-state index in [2.05, 4.69) is 0 Å². The lowest BCUT2D eigenvalue weighted by atomic mass is 10.1. The van der Waals surface area contributed by atoms with Gasteiger partial charge in [-0.05, 0) is 36.2 Å². The van der Waals surface area contributed by atoms with Crippen LogP contribution < -0.4 is 4.90 Å². The van der Waals surface area contributed by atoms with Gasteiger partial charge in [0.25, 0.3) is 5.91 Å². The van der Waals surface area contributed by atoms with Crippen molar-refractivity contribution in [2.75, 3.05) is 18.6 Å². The molecule has 1 aliphatic heterocycles. The van der Waals surface area contributed by atoms with Crippen LogP contribution in [0.4, 0.5) is 5.69 Å². The number of nitrogens with zero attached hydrogens (tertiary/aromatic N) is 1. The molecular formula is C19H14ClNO3S. The minimum Gasteiger partial charge on any atom is -0.465 e. The molecule has 3 aromatic rings. The van der Waals surface area contributed by atoms with Gasteiger partial charge < -0.3 is 9.64 Å². The van der Waals surface area contributed by atoms with E-state index >= 15 is 0 Å². The van der Waals surface area contributed by atoms with E-state index in [9.17, 15) is 9.59 Å². The predicted octanol–water partition coefficient (Wildman–Crippen LogP) is 4.54. The van der Waals surface area contributed by atoms with Crippen LogP contribution in [0, 0.1) is 0 Å². The number of benzene rings is 2. The number of fused-ring (bicyclic) bond motifs is 2. The van der Waals surface area contributed by atoms with Crippen LogP contribution in [-0.2, 0) is 11.2 Å². The molecule has 6 heteroatoms. The number of esters is 1. The summed E-state index contributed by atoms with van der Waals surface area (Å²) in [5.74, 6) is -0.476. The SMILES string of the molecule is COC(=O)c1ccc2c(c1)CCN2C(=O)c1sc2ccccc2c1Cl. The number of anilines is 1. The Labute approximate surface area is 153 Å². The first-order valence-electron chi connectivity index (χ1n) is 7.80. The number of rotatable bonds is 2. The first-order chi connectivity index (χ1) is 12.1. The molecule has 0 spiro atoms. The quantitative estimate of drug-likeness (QED) is 0.621. The number of hydrogen-bond donors (Lipinski definition) is 0. The summed E-state index contributed by atoms with van der Waals surface area (Å²) in [5, 5.41) is 1.41. The molecule has 2 heterocycles. The van der Waals surface area contributed by atoms with E-state index in [0.717, 1.165) is 21.3 Å². The first kappa shape index (κ1) is 16.1. The molecule has 25 heavy (non-hydrogen) atoms. The Kier molecular flexibility index (Phi) is 3.98. The first-order valence-corrected chi connectivity index (χ1v) is 8.99. The van der Waals surface area contributed by atoms with Crippen LogP contribution in [0.2, 0.25) is 5.02 Å². The molecule has 0 radical (unpaired) electrons. The van der Waals surface area contributed by atoms with Gasteiger partial charge in [-0.3, -0.25) is 4.79 Å². The number of amides is 1. The number of ether oxygens (including phenoxy) is 1. The molecule has 4 nitrogen and oxygen atoms in total. The van der Waals surface area contributed by atoms with E-state index in [1.165, 1.54) is 18.4 Å². The van der Waals surface area contributed by atoms with Crippen molar-refractivity contribution in [2.24, 2.45) is 0 Å². The lowest BCUT2D eigenvalue weighted by Crippen LogP contribution is -2.28. The van der Waals surface area contributed by atoms with Gasteiger partial charge in [0.2, 0.25) is 0 Å². The van der Waals surface area contributed by atoms with Crippen molar-refractivity contribution < 1.29 is 14.3 Å². The van der Waals surface area contributed by atoms with E-state index < -0.39 is 0 Å². The Hall–Kier alpha value is -2.37. The zero-order chi connectivity index (χ0) is 17.6. The third-order valence-corrected chi connectivity index (χ3v) is 6.03. The van der Waals surface area contributed by atoms with Crippen LogP contribution in [0.25, 0.3) is 10.1 Å². The number of halogens is 1. The average Bonchev–Trinajstić information content (AvgIpc) is 3.21. The highest BCUT2D eigenvalue weighted by molar-refractivity contribution is 7.21. The van der Waals surface area contributed by atoms with Crippen molar-refractivity contribution in [1.82, 2.24) is 0 Å². The minimum atomic E-state index is -0.375. The van der Waals surface area contributed by atoms with Gasteiger partial charge in [-0.1, -0.05) is 29.8 Å². The maximum atomic E-state index is 13.0. The Morgan fingerprint density at radius 1 is 1.20 bits per heavy atom. The largest absolute Gasteiger partial charge is 0.465 e. The molecule has 0 unspecified atom stereocenters. The summed E-state index contributed by atoms with van der Waals surface area (Å²) in [5.41, 5.74) is 2.29. The van der Waals surface area contributed by atoms with Crippen LogP contribution >= 0.6 is 22.9 Å². The Balaban J connectivity index is 1.71. The van der Waals surface area contributed by atoms with E-state index in [0.29, 0.717) is 28.4 Å². The maximum Gasteiger partial charge on any atom is 0.337 e. The molecule has 0 fully saturated rings. The van der Waals surface area contributed by atoms with Crippen molar-refractivity contribution in [1.29, 1.82) is 0 Å². The molecule has 0 N–H and O–H groups in total. The standard InChI is InChI=1S/C19H14ClNO3S/c1-24-19(23)12-6-7-14-11(10-12)8-9-21(14)18(22)17-16(20)13-4-2-3-5-15(13)25-17/h2-7,10H,8-9H2,1H3. The second kappa shape index (κ2) is 6.17. The third kappa shape index (κ3) is 2.60. The van der Waals surface area contributed by atoms with Crippen LogP contribution in [0.15, 0.2) is 42.5 Å². The highest BCUT2D eigenvalue weighted by Crippen LogP contribution is 2.38. The van der Waals surface area contributed by atoms with Gasteiger partial charge in [-0.15, -0.1) is 11.3 Å². The second-order valence-electron chi connectivity index (χ2n) is 5.78. The molecule has 0 atom stereocenters. The van der Waals surface area contributed by atoms with Crippen LogP contribution in [0.3, 0.4) is 0 Å². The summed E-state index contributed by atoms with van der Waals surface area (Å²) in [4.78, 5) is 27.0. The highest BCUT2D eigenvalue weighted by atomic mass is 35.5. The summed E-state index contributed by atoms with van der Waals surface area (Å²) in [6.07, 6.45) is 0.703. The summed E-state index contributed by atoms with van der Waals surface area (Å²) < 4.78 is 5.75. The normalized spacial score (nSPS) is 13.1. The monoisotopic (exact) mass is 371 g/mol. The van der Waals surface area contributed by atoms with Crippen molar-refractivity contribution >= 4 is 50.6 Å². The minimum absolute atomic E-state index is 0.101. The molecule has 4 rings (SSSR count). The van der Waals surface area contributed by atoms with E-state index in [1.54, 1.807) is 23.1 Å². The summed E-state index contributed by atoms with van der Waals surface area (Å²) >= 11 is 7.85. The number of carbonyl (C=O) groups is 2. The molecular weight excluding hydrogens is 358 g/mol. The van der Waals surface area contributed by atoms with Crippen LogP contribution in [-0.4, -0.2) is 25.5 Å². The lowest BCUT2D eigenvalue weighted by molar-refractivity contribution is 0.0600. The van der Waals surface area contributed by atoms with Crippen molar-refractivity contribution in [3.05, 3.63) is 63.5 Å². The topological polar surface area (TPSA) is 46.6 Å². The van der Waals surface area contributed by atoms with Gasteiger partial charge in [-0.2, -0.15) is 0 Å². The zero-order valence-electron chi connectivity index (χ0n) is 13.4. The van der Waals surface area contributed by atoms with Gasteiger partial charge in [0.05, 0.1) is 17.7 Å². The third-order valence-electron chi connectivity index (χ3n) is 4.37. The molecule has 2 aromatic carbocycles. The van der Waals surface area contributed by atoms with E-state index in [-0.39, 0.29) is 11.9 Å². The molecule has 0 bridgehead atoms. The number of hydrogen-bond acceptors (Lipinski definition) is 4. The Bertz CT molecular complexity index is 1010. The van der Waals surface area contributed by atoms with E-state index in [4.69, 9.17) is 16.3 Å². The fourth-order valence-electron chi connectivity index (χ4n) is 3.13. The second-order valence-corrected chi connectivity index (χ2v) is 7.21. The van der Waals surface area contributed by atoms with Gasteiger partial charge in [0.15, 0.2) is 0 Å². The Morgan fingerprint density at radius 3 is 2.76 bits per heavy atom. The van der Waals surface area contributed by atoms with Crippen LogP contribution in [0.5, 0.6) is 0 Å². The molecule has 1 amide bonds. The summed E-state index contributed by atoms with van der Waals surface area (Å²) in [6, 6.07) is 13.0. The molecule has 0 saturated carbocycles. The summed E-state index contributed by atoms with van der Waals surface area (Å²) in [6.45, 7) is 0.573. The van der Waals surface area contributed by atoms with Crippen molar-refractivity contribution in [3.63, 3.8) is 0 Å². The summed E-state index contributed by atoms with van der Waals surface area (Å²) in [7, 11) is 1.36. The smallest absolute Gasteiger partial charge is 0.337 e. The molecule has 0 aliphatic carbocycles. The van der Waals surface area contributed by atoms with Gasteiger partial charge >= 0.3 is 5.97 Å². The number of carbonyl (C=O) groups excluding carboxylic acids is 2. The van der Waals surface area contributed by atoms with Gasteiger partial charge in [-0.25, -0.2) is 4.79 Å². The molecule has 126 valence electrons. The Morgan fingerprint density at radius 2 is 2.00 bits per heavy atom. The van der Waals surface area contributed by atoms with Crippen molar-refractivity contribution in [3.8, 4) is 0 Å². The lowest BCUT2D eigenvalue weighted by Gasteiger charge is -2.16. The van der Waals surface area contributed by atoms with E-state index in [1.807, 2.05) is 24.3 Å². The molecule has 0 saturated heterocycles. The average molecular weight is 372 g/mol. The molecule has 1 aliphatic rings. The van der Waals surface area contributed by atoms with Gasteiger partial charge in [0.1, 0.15) is 4.88 Å². The fourth-order valence-corrected chi connectivity index (χ4v) is 4.59. The highest BCUT2D eigenvalue weighted by Gasteiger charge is 2.29. The fraction of sp³-hybridized carbons (Fsp3) is 0.158. The number of thiophene rings is 1. The van der Waals surface area contributed by atoms with Crippen LogP contribution in [0.1, 0.15) is 25.6 Å². The van der Waals surface area contributed by atoms with Crippen molar-refractivity contribution in [2.45, 2.75) is 6.42 Å². The molecule has 1 aromatic heterocycles. The maximum absolute atomic E-state index is 13.0. The zero-order valence-corrected chi connectivity index (χ0v) is 15.0.